The summed E-state index contributed by atoms with van der Waals surface area (Å²) in [5, 5.41) is -0.548. The van der Waals surface area contributed by atoms with Crippen molar-refractivity contribution < 1.29 is 23.4 Å². The van der Waals surface area contributed by atoms with Crippen LogP contribution in [0.2, 0.25) is 2.82 Å². The van der Waals surface area contributed by atoms with Crippen LogP contribution in [0.5, 0.6) is 0 Å². The summed E-state index contributed by atoms with van der Waals surface area (Å²) in [5.41, 5.74) is -2.11. The molecule has 0 amide bonds. The second-order valence-electron chi connectivity index (χ2n) is 4.37. The molecule has 6 heteroatoms. The van der Waals surface area contributed by atoms with E-state index in [1.165, 1.54) is 12.1 Å². The van der Waals surface area contributed by atoms with Crippen LogP contribution in [0.1, 0.15) is 42.0 Å². The minimum atomic E-state index is -3.66. The van der Waals surface area contributed by atoms with Gasteiger partial charge < -0.3 is 5.72 Å². The fourth-order valence-electron chi connectivity index (χ4n) is 2.07. The van der Waals surface area contributed by atoms with Gasteiger partial charge in [0.05, 0.1) is 24.7 Å². The van der Waals surface area contributed by atoms with Gasteiger partial charge in [0.1, 0.15) is 11.6 Å². The van der Waals surface area contributed by atoms with Crippen LogP contribution in [-0.4, -0.2) is 21.1 Å². The highest BCUT2D eigenvalue weighted by atomic mass is 16.2. The molecule has 2 aromatic rings. The van der Waals surface area contributed by atoms with Gasteiger partial charge in [-0.25, -0.2) is 4.98 Å². The van der Waals surface area contributed by atoms with Crippen molar-refractivity contribution in [3.05, 3.63) is 34.4 Å². The quantitative estimate of drug-likeness (QED) is 0.662. The fourth-order valence-corrected chi connectivity index (χ4v) is 2.07. The fraction of sp³-hybridized carbons (Fsp3) is 0.333. The molecule has 108 valence electrons. The molecule has 6 nitrogen and oxygen atoms in total. The van der Waals surface area contributed by atoms with Crippen molar-refractivity contribution in [1.29, 1.82) is 0 Å². The minimum Gasteiger partial charge on any atom is -0.398 e. The zero-order valence-electron chi connectivity index (χ0n) is 20.5. The molecule has 3 rings (SSSR count). The van der Waals surface area contributed by atoms with E-state index in [2.05, 4.69) is 4.98 Å². The molecular formula is C15H15N3O3. The molecular weight excluding hydrogens is 270 g/mol. The van der Waals surface area contributed by atoms with E-state index in [4.69, 9.17) is 13.8 Å². The second-order valence-corrected chi connectivity index (χ2v) is 4.37. The molecule has 0 unspecified atom stereocenters. The molecule has 2 N–H and O–H groups in total. The number of rotatable bonds is 2. The van der Waals surface area contributed by atoms with Crippen LogP contribution in [0.4, 0.5) is 5.69 Å². The van der Waals surface area contributed by atoms with Crippen LogP contribution >= 0.6 is 0 Å². The molecule has 1 heterocycles. The van der Waals surface area contributed by atoms with Gasteiger partial charge in [0.15, 0.2) is 8.61 Å². The average Bonchev–Trinajstić information content (AvgIpc) is 2.64. The van der Waals surface area contributed by atoms with E-state index < -0.39 is 66.1 Å². The number of aromatic nitrogens is 2. The summed E-state index contributed by atoms with van der Waals surface area (Å²) in [6.07, 6.45) is -8.31. The molecule has 0 aliphatic heterocycles. The summed E-state index contributed by atoms with van der Waals surface area (Å²) < 4.78 is 78.5. The molecule has 1 saturated carbocycles. The van der Waals surface area contributed by atoms with Crippen LogP contribution in [-0.2, 0) is 9.59 Å². The molecule has 1 fully saturated rings. The molecule has 0 spiro atoms. The molecule has 0 saturated heterocycles. The van der Waals surface area contributed by atoms with Gasteiger partial charge in [-0.2, -0.15) is 0 Å². The molecule has 1 aliphatic rings. The predicted molar refractivity (Wildman–Crippen MR) is 78.1 cm³/mol. The van der Waals surface area contributed by atoms with Gasteiger partial charge in [0, 0.05) is 21.7 Å². The van der Waals surface area contributed by atoms with Gasteiger partial charge in [0.2, 0.25) is 0 Å². The zero-order valence-corrected chi connectivity index (χ0v) is 10.5. The first-order valence-electron chi connectivity index (χ1n) is 10.8. The predicted octanol–water partition coefficient (Wildman–Crippen LogP) is 1.15. The number of carbonyl (C=O) groups is 2. The van der Waals surface area contributed by atoms with Crippen molar-refractivity contribution in [3.8, 4) is 0 Å². The maximum atomic E-state index is 13.4. The van der Waals surface area contributed by atoms with Crippen LogP contribution in [0.15, 0.2) is 23.0 Å². The lowest BCUT2D eigenvalue weighted by Crippen LogP contribution is -2.36. The lowest BCUT2D eigenvalue weighted by atomic mass is 9.92. The third-order valence-electron chi connectivity index (χ3n) is 3.00. The van der Waals surface area contributed by atoms with Crippen molar-refractivity contribution in [3.63, 3.8) is 0 Å². The molecule has 0 bridgehead atoms. The Morgan fingerprint density at radius 3 is 3.14 bits per heavy atom. The van der Waals surface area contributed by atoms with Crippen LogP contribution in [0.3, 0.4) is 0 Å². The lowest BCUT2D eigenvalue weighted by molar-refractivity contribution is -0.132. The average molecular weight is 295 g/mol. The maximum absolute atomic E-state index is 13.4. The number of fused-ring (bicyclic) bond motifs is 1. The van der Waals surface area contributed by atoms with Gasteiger partial charge >= 0.3 is 0 Å². The Bertz CT molecular complexity index is 1170. The van der Waals surface area contributed by atoms with Crippen molar-refractivity contribution in [1.82, 2.24) is 9.55 Å². The van der Waals surface area contributed by atoms with Crippen molar-refractivity contribution in [2.24, 2.45) is 0 Å². The van der Waals surface area contributed by atoms with Crippen molar-refractivity contribution in [2.45, 2.75) is 32.0 Å². The summed E-state index contributed by atoms with van der Waals surface area (Å²) in [6.45, 7) is -3.25. The van der Waals surface area contributed by atoms with Crippen molar-refractivity contribution >= 4 is 28.2 Å². The minimum absolute atomic E-state index is 0.0154. The first-order valence-corrected chi connectivity index (χ1v) is 5.91. The van der Waals surface area contributed by atoms with E-state index in [0.29, 0.717) is 0 Å². The highest BCUT2D eigenvalue weighted by Gasteiger charge is 2.30. The van der Waals surface area contributed by atoms with E-state index >= 15 is 0 Å². The normalized spacial score (nSPS) is 34.9. The number of nitrogens with two attached hydrogens (primary N) is 1. The summed E-state index contributed by atoms with van der Waals surface area (Å²) in [7, 11) is 0. The number of benzene rings is 1. The first kappa shape index (κ1) is 6.09. The van der Waals surface area contributed by atoms with Gasteiger partial charge in [-0.05, 0) is 25.4 Å². The monoisotopic (exact) mass is 295 g/mol. The Hall–Kier alpha value is -2.50. The number of nitrogens with zero attached hydrogens (tertiary/aromatic N) is 2. The van der Waals surface area contributed by atoms with Crippen LogP contribution in [0, 0.1) is 6.85 Å². The number of ketones is 2. The number of carbonyl (C=O) groups excluding carboxylic acids is 2. The molecule has 1 atom stereocenters. The van der Waals surface area contributed by atoms with Gasteiger partial charge in [-0.15, -0.1) is 0 Å². The third kappa shape index (κ3) is 2.12. The lowest BCUT2D eigenvalue weighted by Gasteiger charge is -2.24. The number of hydrogen-bond donors (Lipinski definition) is 1. The topological polar surface area (TPSA) is 95.0 Å². The number of anilines is 1. The summed E-state index contributed by atoms with van der Waals surface area (Å²) >= 11 is 0. The summed E-state index contributed by atoms with van der Waals surface area (Å²) in [4.78, 5) is 41.9. The van der Waals surface area contributed by atoms with Crippen LogP contribution in [0.25, 0.3) is 10.9 Å². The van der Waals surface area contributed by atoms with Crippen LogP contribution < -0.4 is 11.3 Å². The summed E-state index contributed by atoms with van der Waals surface area (Å²) in [6, 6.07) is 0.114. The van der Waals surface area contributed by atoms with E-state index in [-0.39, 0.29) is 15.8 Å². The molecule has 0 radical (unpaired) electrons. The smallest absolute Gasteiger partial charge is 0.264 e. The third-order valence-corrected chi connectivity index (χ3v) is 3.00. The van der Waals surface area contributed by atoms with Gasteiger partial charge in [0.25, 0.3) is 5.56 Å². The molecule has 1 aromatic heterocycles. The van der Waals surface area contributed by atoms with Gasteiger partial charge in [-0.3, -0.25) is 19.0 Å². The Morgan fingerprint density at radius 2 is 2.38 bits per heavy atom. The standard InChI is InChI=1S/C15H15N3O3/c1-8-17-11-4-2-3-10(16)14(11)15(21)18(8)12-6-5-9(19)7-13(12)20/h2-4,12H,5-7,16H2,1H3/t12-/m0/s1/i1D3,5D2,6D2,12D/hD2. The Labute approximate surface area is 134 Å². The highest BCUT2D eigenvalue weighted by molar-refractivity contribution is 6.03. The number of Topliss-reactive ketones (excluding diaryl/α,β-unsaturated/α-hetero) is 2. The maximum Gasteiger partial charge on any atom is 0.264 e. The first-order chi connectivity index (χ1) is 14.0. The van der Waals surface area contributed by atoms with E-state index in [9.17, 15) is 14.4 Å². The zero-order chi connectivity index (χ0) is 23.7. The van der Waals surface area contributed by atoms with E-state index in [1.54, 1.807) is 0 Å². The highest BCUT2D eigenvalue weighted by Crippen LogP contribution is 2.24. The summed E-state index contributed by atoms with van der Waals surface area (Å²) in [5.74, 6) is -4.15. The second kappa shape index (κ2) is 4.80. The number of nitrogen functional groups attached to an aromatic ring is 1. The number of aryl methyl sites for hydroxylation is 1. The van der Waals surface area contributed by atoms with Crippen molar-refractivity contribution in [2.75, 3.05) is 5.72 Å². The van der Waals surface area contributed by atoms with E-state index in [1.807, 2.05) is 0 Å². The molecule has 1 aliphatic carbocycles. The molecule has 21 heavy (non-hydrogen) atoms. The Balaban J connectivity index is 2.58. The van der Waals surface area contributed by atoms with Gasteiger partial charge in [-0.1, -0.05) is 6.07 Å². The Morgan fingerprint density at radius 1 is 1.52 bits per heavy atom. The SMILES string of the molecule is [2H]N([2H])c1cccc2nc(C([2H])([2H])[2H])n([C@]3([2H])C(=O)CC(=O)C([2H])([2H])C3([2H])[2H])c(=O)c12. The largest absolute Gasteiger partial charge is 0.398 e. The Kier molecular flexibility index (Phi) is 1.39. The van der Waals surface area contributed by atoms with E-state index in [0.717, 1.165) is 6.07 Å². The number of hydrogen-bond acceptors (Lipinski definition) is 5. The molecule has 1 aromatic carbocycles.